The van der Waals surface area contributed by atoms with Gasteiger partial charge in [-0.25, -0.2) is 0 Å². The van der Waals surface area contributed by atoms with Crippen LogP contribution in [0.1, 0.15) is 54.2 Å². The molecule has 2 N–H and O–H groups in total. The third-order valence-corrected chi connectivity index (χ3v) is 5.01. The van der Waals surface area contributed by atoms with Crippen molar-refractivity contribution in [3.05, 3.63) is 58.0 Å². The molecule has 1 aliphatic carbocycles. The van der Waals surface area contributed by atoms with Crippen molar-refractivity contribution in [3.8, 4) is 0 Å². The van der Waals surface area contributed by atoms with E-state index in [1.807, 2.05) is 18.2 Å². The monoisotopic (exact) mass is 352 g/mol. The number of hydrogen-bond donors (Lipinski definition) is 2. The van der Waals surface area contributed by atoms with E-state index in [1.165, 1.54) is 6.07 Å². The Bertz CT molecular complexity index is 1010. The second-order valence-corrected chi connectivity index (χ2v) is 6.83. The third kappa shape index (κ3) is 2.89. The van der Waals surface area contributed by atoms with Crippen molar-refractivity contribution in [3.63, 3.8) is 0 Å². The van der Waals surface area contributed by atoms with Gasteiger partial charge < -0.3 is 14.8 Å². The van der Waals surface area contributed by atoms with Gasteiger partial charge >= 0.3 is 0 Å². The van der Waals surface area contributed by atoms with Crippen LogP contribution in [0.15, 0.2) is 39.6 Å². The van der Waals surface area contributed by atoms with Crippen LogP contribution in [0.4, 0.5) is 0 Å². The minimum Gasteiger partial charge on any atom is -0.340 e. The molecule has 26 heavy (non-hydrogen) atoms. The third-order valence-electron chi connectivity index (χ3n) is 5.01. The van der Waals surface area contributed by atoms with Crippen LogP contribution in [0.25, 0.3) is 10.9 Å². The predicted octanol–water partition coefficient (Wildman–Crippen LogP) is 2.81. The summed E-state index contributed by atoms with van der Waals surface area (Å²) in [6, 6.07) is 8.62. The molecule has 3 aromatic rings. The van der Waals surface area contributed by atoms with Crippen LogP contribution in [-0.2, 0) is 5.54 Å². The number of carbonyl (C=O) groups is 1. The Hall–Kier alpha value is -2.96. The van der Waals surface area contributed by atoms with Crippen molar-refractivity contribution in [1.29, 1.82) is 0 Å². The Kier molecular flexibility index (Phi) is 4.06. The molecule has 2 heterocycles. The molecule has 0 bridgehead atoms. The number of pyridine rings is 1. The number of para-hydroxylation sites is 1. The Morgan fingerprint density at radius 1 is 1.23 bits per heavy atom. The fourth-order valence-electron chi connectivity index (χ4n) is 3.73. The molecular weight excluding hydrogens is 332 g/mol. The summed E-state index contributed by atoms with van der Waals surface area (Å²) in [5.74, 6) is 0.689. The van der Waals surface area contributed by atoms with E-state index in [4.69, 9.17) is 4.52 Å². The van der Waals surface area contributed by atoms with E-state index < -0.39 is 5.54 Å². The average molecular weight is 352 g/mol. The maximum absolute atomic E-state index is 13.1. The minimum absolute atomic E-state index is 0.295. The number of H-pyrrole nitrogens is 1. The quantitative estimate of drug-likeness (QED) is 0.755. The topological polar surface area (TPSA) is 101 Å². The van der Waals surface area contributed by atoms with Crippen molar-refractivity contribution in [2.75, 3.05) is 0 Å². The van der Waals surface area contributed by atoms with Gasteiger partial charge in [-0.2, -0.15) is 4.98 Å². The highest BCUT2D eigenvalue weighted by molar-refractivity contribution is 6.06. The van der Waals surface area contributed by atoms with Crippen molar-refractivity contribution >= 4 is 16.8 Å². The maximum atomic E-state index is 13.1. The molecular formula is C19H20N4O3. The summed E-state index contributed by atoms with van der Waals surface area (Å²) in [6.07, 6.45) is 4.56. The lowest BCUT2D eigenvalue weighted by molar-refractivity contribution is 0.0857. The van der Waals surface area contributed by atoms with Crippen molar-refractivity contribution < 1.29 is 9.32 Å². The number of hydrogen-bond acceptors (Lipinski definition) is 5. The highest BCUT2D eigenvalue weighted by atomic mass is 16.5. The molecule has 1 saturated carbocycles. The lowest BCUT2D eigenvalue weighted by atomic mass is 9.80. The number of benzene rings is 1. The highest BCUT2D eigenvalue weighted by Crippen LogP contribution is 2.36. The number of aromatic nitrogens is 3. The first-order valence-electron chi connectivity index (χ1n) is 8.83. The first kappa shape index (κ1) is 16.5. The number of aromatic amines is 1. The smallest absolute Gasteiger partial charge is 0.252 e. The molecule has 0 atom stereocenters. The number of carbonyl (C=O) groups excluding carboxylic acids is 1. The first-order valence-corrected chi connectivity index (χ1v) is 8.83. The molecule has 1 amide bonds. The molecule has 7 heteroatoms. The molecule has 4 rings (SSSR count). The van der Waals surface area contributed by atoms with E-state index in [-0.39, 0.29) is 11.5 Å². The second kappa shape index (κ2) is 6.40. The summed E-state index contributed by atoms with van der Waals surface area (Å²) in [5.41, 5.74) is 0.0336. The molecule has 134 valence electrons. The average Bonchev–Trinajstić information content (AvgIpc) is 3.09. The van der Waals surface area contributed by atoms with Crippen LogP contribution >= 0.6 is 0 Å². The van der Waals surface area contributed by atoms with Gasteiger partial charge in [0, 0.05) is 23.9 Å². The van der Waals surface area contributed by atoms with Gasteiger partial charge in [0.05, 0.1) is 5.56 Å². The molecule has 2 aromatic heterocycles. The Labute approximate surface area is 149 Å². The molecule has 0 radical (unpaired) electrons. The first-order chi connectivity index (χ1) is 12.6. The summed E-state index contributed by atoms with van der Waals surface area (Å²) in [6.45, 7) is 1.74. The Morgan fingerprint density at radius 2 is 2.00 bits per heavy atom. The second-order valence-electron chi connectivity index (χ2n) is 6.83. The molecule has 0 spiro atoms. The Balaban J connectivity index is 1.75. The zero-order chi connectivity index (χ0) is 18.1. The van der Waals surface area contributed by atoms with Crippen LogP contribution in [-0.4, -0.2) is 21.0 Å². The van der Waals surface area contributed by atoms with Gasteiger partial charge in [-0.1, -0.05) is 42.6 Å². The molecule has 0 aliphatic heterocycles. The van der Waals surface area contributed by atoms with E-state index in [0.717, 1.165) is 32.1 Å². The fourth-order valence-corrected chi connectivity index (χ4v) is 3.73. The summed E-state index contributed by atoms with van der Waals surface area (Å²) in [7, 11) is 0. The van der Waals surface area contributed by atoms with E-state index in [9.17, 15) is 9.59 Å². The van der Waals surface area contributed by atoms with E-state index >= 15 is 0 Å². The van der Waals surface area contributed by atoms with E-state index in [0.29, 0.717) is 28.2 Å². The van der Waals surface area contributed by atoms with Gasteiger partial charge in [-0.3, -0.25) is 9.59 Å². The SMILES string of the molecule is Cc1nc(C2(NC(=O)c3cc(=O)[nH]c4ccccc34)CCCCC2)no1. The number of fused-ring (bicyclic) bond motifs is 1. The number of aryl methyl sites for hydroxylation is 1. The summed E-state index contributed by atoms with van der Waals surface area (Å²) >= 11 is 0. The van der Waals surface area contributed by atoms with Gasteiger partial charge in [0.25, 0.3) is 5.91 Å². The zero-order valence-corrected chi connectivity index (χ0v) is 14.5. The number of rotatable bonds is 3. The summed E-state index contributed by atoms with van der Waals surface area (Å²) in [5, 5.41) is 7.90. The zero-order valence-electron chi connectivity index (χ0n) is 14.5. The van der Waals surface area contributed by atoms with Crippen molar-refractivity contribution in [2.45, 2.75) is 44.6 Å². The van der Waals surface area contributed by atoms with E-state index in [2.05, 4.69) is 20.4 Å². The van der Waals surface area contributed by atoms with Crippen molar-refractivity contribution in [2.24, 2.45) is 0 Å². The number of amides is 1. The fraction of sp³-hybridized carbons (Fsp3) is 0.368. The van der Waals surface area contributed by atoms with Crippen molar-refractivity contribution in [1.82, 2.24) is 20.4 Å². The van der Waals surface area contributed by atoms with Gasteiger partial charge in [-0.15, -0.1) is 0 Å². The summed E-state index contributed by atoms with van der Waals surface area (Å²) < 4.78 is 5.15. The lowest BCUT2D eigenvalue weighted by Crippen LogP contribution is -2.48. The van der Waals surface area contributed by atoms with E-state index in [1.54, 1.807) is 13.0 Å². The maximum Gasteiger partial charge on any atom is 0.252 e. The molecule has 1 aromatic carbocycles. The van der Waals surface area contributed by atoms with Gasteiger partial charge in [0.2, 0.25) is 11.4 Å². The van der Waals surface area contributed by atoms with Crippen LogP contribution in [0.3, 0.4) is 0 Å². The molecule has 1 aliphatic rings. The summed E-state index contributed by atoms with van der Waals surface area (Å²) in [4.78, 5) is 32.2. The van der Waals surface area contributed by atoms with Gasteiger partial charge in [0.1, 0.15) is 5.54 Å². The van der Waals surface area contributed by atoms with Crippen LogP contribution in [0.2, 0.25) is 0 Å². The van der Waals surface area contributed by atoms with Crippen LogP contribution in [0, 0.1) is 6.92 Å². The largest absolute Gasteiger partial charge is 0.340 e. The van der Waals surface area contributed by atoms with Crippen LogP contribution in [0.5, 0.6) is 0 Å². The Morgan fingerprint density at radius 3 is 2.73 bits per heavy atom. The molecule has 7 nitrogen and oxygen atoms in total. The minimum atomic E-state index is -0.656. The molecule has 0 unspecified atom stereocenters. The number of nitrogens with zero attached hydrogens (tertiary/aromatic N) is 2. The van der Waals surface area contributed by atoms with Gasteiger partial charge in [0.15, 0.2) is 5.82 Å². The molecule has 0 saturated heterocycles. The lowest BCUT2D eigenvalue weighted by Gasteiger charge is -2.35. The predicted molar refractivity (Wildman–Crippen MR) is 95.8 cm³/mol. The van der Waals surface area contributed by atoms with Crippen LogP contribution < -0.4 is 10.9 Å². The normalized spacial score (nSPS) is 16.5. The standard InChI is InChI=1S/C19H20N4O3/c1-12-20-18(23-26-12)19(9-5-2-6-10-19)22-17(25)14-11-16(24)21-15-8-4-3-7-13(14)15/h3-4,7-8,11H,2,5-6,9-10H2,1H3,(H,21,24)(H,22,25). The molecule has 1 fully saturated rings. The highest BCUT2D eigenvalue weighted by Gasteiger charge is 2.40. The number of nitrogens with one attached hydrogen (secondary N) is 2. The van der Waals surface area contributed by atoms with Gasteiger partial charge in [-0.05, 0) is 18.9 Å².